The van der Waals surface area contributed by atoms with Gasteiger partial charge in [0, 0.05) is 24.4 Å². The van der Waals surface area contributed by atoms with Crippen LogP contribution in [0.1, 0.15) is 29.9 Å². The van der Waals surface area contributed by atoms with Crippen LogP contribution < -0.4 is 5.32 Å². The Morgan fingerprint density at radius 2 is 2.38 bits per heavy atom. The van der Waals surface area contributed by atoms with Gasteiger partial charge in [-0.15, -0.1) is 0 Å². The molecule has 1 atom stereocenters. The summed E-state index contributed by atoms with van der Waals surface area (Å²) in [5.41, 5.74) is 2.23. The van der Waals surface area contributed by atoms with Crippen LogP contribution in [0.4, 0.5) is 5.82 Å². The van der Waals surface area contributed by atoms with Gasteiger partial charge < -0.3 is 5.32 Å². The lowest BCUT2D eigenvalue weighted by Crippen LogP contribution is -2.24. The maximum absolute atomic E-state index is 11.9. The minimum absolute atomic E-state index is 0.0848. The van der Waals surface area contributed by atoms with Crippen molar-refractivity contribution in [2.45, 2.75) is 25.3 Å². The predicted molar refractivity (Wildman–Crippen MR) is 84.6 cm³/mol. The van der Waals surface area contributed by atoms with E-state index in [1.807, 2.05) is 41.0 Å². The Morgan fingerprint density at radius 3 is 3.14 bits per heavy atom. The van der Waals surface area contributed by atoms with Gasteiger partial charge in [-0.05, 0) is 36.0 Å². The summed E-state index contributed by atoms with van der Waals surface area (Å²) in [5, 5.41) is 7.42. The average molecular weight is 302 g/mol. The number of carbonyl (C=O) groups is 1. The molecule has 3 heterocycles. The van der Waals surface area contributed by atoms with E-state index < -0.39 is 0 Å². The fourth-order valence-electron chi connectivity index (χ4n) is 2.65. The molecule has 1 N–H and O–H groups in total. The van der Waals surface area contributed by atoms with Gasteiger partial charge in [0.2, 0.25) is 5.91 Å². The molecule has 2 aromatic heterocycles. The van der Waals surface area contributed by atoms with E-state index >= 15 is 0 Å². The Bertz CT molecular complexity index is 626. The quantitative estimate of drug-likeness (QED) is 0.922. The first-order valence-corrected chi connectivity index (χ1v) is 8.40. The molecule has 0 aromatic carbocycles. The van der Waals surface area contributed by atoms with Crippen molar-refractivity contribution in [3.63, 3.8) is 0 Å². The summed E-state index contributed by atoms with van der Waals surface area (Å²) in [6.07, 6.45) is 9.14. The number of pyridine rings is 1. The first-order valence-electron chi connectivity index (χ1n) is 7.01. The molecule has 3 rings (SSSR count). The largest absolute Gasteiger partial charge is 0.311 e. The zero-order chi connectivity index (χ0) is 14.7. The van der Waals surface area contributed by atoms with Crippen molar-refractivity contribution in [2.75, 3.05) is 17.3 Å². The number of hydrogen-bond donors (Lipinski definition) is 1. The van der Waals surface area contributed by atoms with E-state index in [-0.39, 0.29) is 11.8 Å². The van der Waals surface area contributed by atoms with Crippen molar-refractivity contribution in [2.24, 2.45) is 0 Å². The molecule has 0 aliphatic carbocycles. The smallest absolute Gasteiger partial charge is 0.226 e. The van der Waals surface area contributed by atoms with E-state index in [0.29, 0.717) is 13.0 Å². The SMILES string of the molecule is CSCC[C@H]1CC(=O)Nc2c1cnn2Cc1cccnc1. The van der Waals surface area contributed by atoms with Gasteiger partial charge in [-0.1, -0.05) is 6.07 Å². The van der Waals surface area contributed by atoms with Crippen LogP contribution >= 0.6 is 11.8 Å². The van der Waals surface area contributed by atoms with Crippen LogP contribution in [0.5, 0.6) is 0 Å². The molecule has 0 bridgehead atoms. The first kappa shape index (κ1) is 14.1. The monoisotopic (exact) mass is 302 g/mol. The van der Waals surface area contributed by atoms with Gasteiger partial charge in [0.25, 0.3) is 0 Å². The second-order valence-corrected chi connectivity index (χ2v) is 6.18. The predicted octanol–water partition coefficient (Wildman–Crippen LogP) is 2.51. The van der Waals surface area contributed by atoms with Crippen molar-refractivity contribution in [3.05, 3.63) is 41.9 Å². The number of aromatic nitrogens is 3. The number of hydrogen-bond acceptors (Lipinski definition) is 4. The van der Waals surface area contributed by atoms with Crippen molar-refractivity contribution in [3.8, 4) is 0 Å². The third-order valence-corrected chi connectivity index (χ3v) is 4.37. The molecule has 0 saturated heterocycles. The van der Waals surface area contributed by atoms with Crippen molar-refractivity contribution in [1.82, 2.24) is 14.8 Å². The fourth-order valence-corrected chi connectivity index (χ4v) is 3.17. The lowest BCUT2D eigenvalue weighted by molar-refractivity contribution is -0.116. The molecular formula is C15H18N4OS. The van der Waals surface area contributed by atoms with Gasteiger partial charge in [0.05, 0.1) is 12.7 Å². The Balaban J connectivity index is 1.85. The minimum atomic E-state index is 0.0848. The van der Waals surface area contributed by atoms with Crippen LogP contribution in [-0.4, -0.2) is 32.7 Å². The number of anilines is 1. The number of nitrogens with one attached hydrogen (secondary N) is 1. The second-order valence-electron chi connectivity index (χ2n) is 5.20. The Hall–Kier alpha value is -1.82. The van der Waals surface area contributed by atoms with Crippen molar-refractivity contribution in [1.29, 1.82) is 0 Å². The average Bonchev–Trinajstić information content (AvgIpc) is 2.89. The van der Waals surface area contributed by atoms with Crippen LogP contribution in [0.15, 0.2) is 30.7 Å². The van der Waals surface area contributed by atoms with Gasteiger partial charge >= 0.3 is 0 Å². The summed E-state index contributed by atoms with van der Waals surface area (Å²) in [5.74, 6) is 2.28. The Kier molecular flexibility index (Phi) is 4.24. The molecule has 1 amide bonds. The molecule has 0 saturated carbocycles. The van der Waals surface area contributed by atoms with Crippen molar-refractivity contribution < 1.29 is 4.79 Å². The zero-order valence-corrected chi connectivity index (χ0v) is 12.8. The highest BCUT2D eigenvalue weighted by atomic mass is 32.2. The lowest BCUT2D eigenvalue weighted by Gasteiger charge is -2.23. The van der Waals surface area contributed by atoms with Crippen LogP contribution in [-0.2, 0) is 11.3 Å². The van der Waals surface area contributed by atoms with Gasteiger partial charge in [-0.3, -0.25) is 9.78 Å². The van der Waals surface area contributed by atoms with Gasteiger partial charge in [-0.2, -0.15) is 16.9 Å². The molecule has 1 aliphatic heterocycles. The Morgan fingerprint density at radius 1 is 1.48 bits per heavy atom. The van der Waals surface area contributed by atoms with Crippen LogP contribution in [0.25, 0.3) is 0 Å². The molecular weight excluding hydrogens is 284 g/mol. The fraction of sp³-hybridized carbons (Fsp3) is 0.400. The van der Waals surface area contributed by atoms with Crippen LogP contribution in [0.2, 0.25) is 0 Å². The van der Waals surface area contributed by atoms with Crippen LogP contribution in [0, 0.1) is 0 Å². The molecule has 2 aromatic rings. The summed E-state index contributed by atoms with van der Waals surface area (Å²) >= 11 is 1.81. The number of thioether (sulfide) groups is 1. The van der Waals surface area contributed by atoms with Crippen molar-refractivity contribution >= 4 is 23.5 Å². The highest BCUT2D eigenvalue weighted by Gasteiger charge is 2.28. The number of nitrogens with zero attached hydrogens (tertiary/aromatic N) is 3. The molecule has 0 fully saturated rings. The summed E-state index contributed by atoms with van der Waals surface area (Å²) in [6, 6.07) is 3.92. The maximum atomic E-state index is 11.9. The second kappa shape index (κ2) is 6.30. The molecule has 6 heteroatoms. The number of rotatable bonds is 5. The van der Waals surface area contributed by atoms with E-state index in [1.54, 1.807) is 6.20 Å². The van der Waals surface area contributed by atoms with Gasteiger partial charge in [0.1, 0.15) is 5.82 Å². The van der Waals surface area contributed by atoms with E-state index in [9.17, 15) is 4.79 Å². The van der Waals surface area contributed by atoms with E-state index in [0.717, 1.165) is 29.1 Å². The molecule has 1 aliphatic rings. The maximum Gasteiger partial charge on any atom is 0.226 e. The first-order chi connectivity index (χ1) is 10.3. The lowest BCUT2D eigenvalue weighted by atomic mass is 9.92. The van der Waals surface area contributed by atoms with E-state index in [2.05, 4.69) is 21.7 Å². The molecule has 0 radical (unpaired) electrons. The molecule has 5 nitrogen and oxygen atoms in total. The summed E-state index contributed by atoms with van der Waals surface area (Å²) in [7, 11) is 0. The van der Waals surface area contributed by atoms with E-state index in [1.165, 1.54) is 0 Å². The summed E-state index contributed by atoms with van der Waals surface area (Å²) < 4.78 is 1.86. The zero-order valence-electron chi connectivity index (χ0n) is 12.0. The topological polar surface area (TPSA) is 59.8 Å². The molecule has 0 unspecified atom stereocenters. The summed E-state index contributed by atoms with van der Waals surface area (Å²) in [4.78, 5) is 16.0. The van der Waals surface area contributed by atoms with E-state index in [4.69, 9.17) is 0 Å². The molecule has 110 valence electrons. The third kappa shape index (κ3) is 3.10. The minimum Gasteiger partial charge on any atom is -0.311 e. The van der Waals surface area contributed by atoms with Gasteiger partial charge in [-0.25, -0.2) is 4.68 Å². The highest BCUT2D eigenvalue weighted by Crippen LogP contribution is 2.35. The number of amides is 1. The van der Waals surface area contributed by atoms with Crippen LogP contribution in [0.3, 0.4) is 0 Å². The summed E-state index contributed by atoms with van der Waals surface area (Å²) in [6.45, 7) is 0.624. The standard InChI is InChI=1S/C15H18N4OS/c1-21-6-4-12-7-14(20)18-15-13(12)9-17-19(15)10-11-3-2-5-16-8-11/h2-3,5,8-9,12H,4,6-7,10H2,1H3,(H,18,20)/t12-/m0/s1. The highest BCUT2D eigenvalue weighted by molar-refractivity contribution is 7.98. The Labute approximate surface area is 128 Å². The molecule has 0 spiro atoms. The number of carbonyl (C=O) groups excluding carboxylic acids is 1. The normalized spacial score (nSPS) is 17.4. The molecule has 21 heavy (non-hydrogen) atoms. The number of fused-ring (bicyclic) bond motifs is 1. The third-order valence-electron chi connectivity index (χ3n) is 3.72. The van der Waals surface area contributed by atoms with Gasteiger partial charge in [0.15, 0.2) is 0 Å².